The first-order chi connectivity index (χ1) is 8.19. The summed E-state index contributed by atoms with van der Waals surface area (Å²) in [6.45, 7) is 0.785. The van der Waals surface area contributed by atoms with Crippen molar-refractivity contribution in [1.29, 1.82) is 0 Å². The van der Waals surface area contributed by atoms with E-state index in [-0.39, 0.29) is 0 Å². The lowest BCUT2D eigenvalue weighted by molar-refractivity contribution is 0.482. The second-order valence-corrected chi connectivity index (χ2v) is 4.15. The van der Waals surface area contributed by atoms with Crippen molar-refractivity contribution in [1.82, 2.24) is 15.1 Å². The maximum Gasteiger partial charge on any atom is 0.165 e. The second-order valence-electron chi connectivity index (χ2n) is 3.75. The maximum absolute atomic E-state index is 6.14. The van der Waals surface area contributed by atoms with Crippen LogP contribution in [0.2, 0.25) is 5.02 Å². The van der Waals surface area contributed by atoms with Crippen LogP contribution in [-0.2, 0) is 13.6 Å². The third-order valence-corrected chi connectivity index (χ3v) is 2.58. The van der Waals surface area contributed by atoms with Gasteiger partial charge in [-0.15, -0.1) is 0 Å². The average molecular weight is 252 g/mol. The van der Waals surface area contributed by atoms with E-state index < -0.39 is 0 Å². The van der Waals surface area contributed by atoms with Crippen LogP contribution in [0.25, 0.3) is 0 Å². The Morgan fingerprint density at radius 2 is 2.29 bits per heavy atom. The van der Waals surface area contributed by atoms with Crippen molar-refractivity contribution < 1.29 is 4.74 Å². The summed E-state index contributed by atoms with van der Waals surface area (Å²) in [5.74, 6) is 1.32. The normalized spacial score (nSPS) is 10.5. The Morgan fingerprint density at radius 3 is 2.88 bits per heavy atom. The smallest absolute Gasteiger partial charge is 0.165 e. The zero-order valence-electron chi connectivity index (χ0n) is 9.77. The van der Waals surface area contributed by atoms with Crippen LogP contribution in [0.1, 0.15) is 5.56 Å². The van der Waals surface area contributed by atoms with E-state index in [1.807, 2.05) is 32.3 Å². The van der Waals surface area contributed by atoms with Crippen molar-refractivity contribution in [2.45, 2.75) is 6.54 Å². The first-order valence-electron chi connectivity index (χ1n) is 5.28. The van der Waals surface area contributed by atoms with Crippen molar-refractivity contribution in [3.05, 3.63) is 41.2 Å². The van der Waals surface area contributed by atoms with Gasteiger partial charge in [-0.3, -0.25) is 4.68 Å². The van der Waals surface area contributed by atoms with Gasteiger partial charge in [-0.2, -0.15) is 5.10 Å². The Balaban J connectivity index is 2.16. The van der Waals surface area contributed by atoms with Gasteiger partial charge in [-0.05, 0) is 24.7 Å². The second kappa shape index (κ2) is 5.21. The number of hydrogen-bond acceptors (Lipinski definition) is 3. The largest absolute Gasteiger partial charge is 0.452 e. The summed E-state index contributed by atoms with van der Waals surface area (Å²) in [5, 5.41) is 7.70. The first kappa shape index (κ1) is 12.0. The van der Waals surface area contributed by atoms with Gasteiger partial charge in [0.2, 0.25) is 0 Å². The summed E-state index contributed by atoms with van der Waals surface area (Å²) in [6.07, 6.45) is 3.44. The zero-order chi connectivity index (χ0) is 12.3. The predicted octanol–water partition coefficient (Wildman–Crippen LogP) is 2.59. The maximum atomic E-state index is 6.14. The molecular weight excluding hydrogens is 238 g/mol. The van der Waals surface area contributed by atoms with Crippen molar-refractivity contribution in [2.24, 2.45) is 7.05 Å². The van der Waals surface area contributed by atoms with Crippen LogP contribution < -0.4 is 10.1 Å². The summed E-state index contributed by atoms with van der Waals surface area (Å²) in [6, 6.07) is 5.74. The lowest BCUT2D eigenvalue weighted by Crippen LogP contribution is -2.04. The fourth-order valence-corrected chi connectivity index (χ4v) is 1.76. The summed E-state index contributed by atoms with van der Waals surface area (Å²) < 4.78 is 7.31. The Morgan fingerprint density at radius 1 is 1.47 bits per heavy atom. The highest BCUT2D eigenvalue weighted by atomic mass is 35.5. The molecule has 1 heterocycles. The van der Waals surface area contributed by atoms with E-state index in [9.17, 15) is 0 Å². The first-order valence-corrected chi connectivity index (χ1v) is 5.66. The molecule has 0 saturated heterocycles. The topological polar surface area (TPSA) is 39.1 Å². The standard InChI is InChI=1S/C12H14ClN3O/c1-14-6-9-3-4-12(11(13)5-9)17-10-7-15-16(2)8-10/h3-5,7-8,14H,6H2,1-2H3. The fourth-order valence-electron chi connectivity index (χ4n) is 1.52. The van der Waals surface area contributed by atoms with Gasteiger partial charge in [-0.1, -0.05) is 17.7 Å². The quantitative estimate of drug-likeness (QED) is 0.908. The molecule has 1 N–H and O–H groups in total. The molecule has 90 valence electrons. The number of rotatable bonds is 4. The molecule has 0 amide bonds. The van der Waals surface area contributed by atoms with E-state index in [0.29, 0.717) is 16.5 Å². The van der Waals surface area contributed by atoms with Gasteiger partial charge in [0.25, 0.3) is 0 Å². The lowest BCUT2D eigenvalue weighted by atomic mass is 10.2. The van der Waals surface area contributed by atoms with E-state index in [1.165, 1.54) is 0 Å². The molecular formula is C12H14ClN3O. The molecule has 0 spiro atoms. The van der Waals surface area contributed by atoms with Gasteiger partial charge in [0.1, 0.15) is 5.75 Å². The highest BCUT2D eigenvalue weighted by Gasteiger charge is 2.05. The monoisotopic (exact) mass is 251 g/mol. The SMILES string of the molecule is CNCc1ccc(Oc2cnn(C)c2)c(Cl)c1. The number of benzene rings is 1. The Hall–Kier alpha value is -1.52. The Labute approximate surface area is 105 Å². The lowest BCUT2D eigenvalue weighted by Gasteiger charge is -2.07. The summed E-state index contributed by atoms with van der Waals surface area (Å²) >= 11 is 6.14. The number of halogens is 1. The summed E-state index contributed by atoms with van der Waals surface area (Å²) in [5.41, 5.74) is 1.12. The van der Waals surface area contributed by atoms with Crippen LogP contribution in [0.3, 0.4) is 0 Å². The third-order valence-electron chi connectivity index (χ3n) is 2.29. The number of aromatic nitrogens is 2. The molecule has 17 heavy (non-hydrogen) atoms. The van der Waals surface area contributed by atoms with Gasteiger partial charge in [0, 0.05) is 13.6 Å². The van der Waals surface area contributed by atoms with Crippen LogP contribution >= 0.6 is 11.6 Å². The minimum Gasteiger partial charge on any atom is -0.452 e. The number of nitrogens with zero attached hydrogens (tertiary/aromatic N) is 2. The van der Waals surface area contributed by atoms with E-state index >= 15 is 0 Å². The molecule has 0 radical (unpaired) electrons. The van der Waals surface area contributed by atoms with E-state index in [0.717, 1.165) is 12.1 Å². The molecule has 2 rings (SSSR count). The highest BCUT2D eigenvalue weighted by Crippen LogP contribution is 2.29. The predicted molar refractivity (Wildman–Crippen MR) is 67.5 cm³/mol. The van der Waals surface area contributed by atoms with Crippen molar-refractivity contribution in [2.75, 3.05) is 7.05 Å². The average Bonchev–Trinajstić information content (AvgIpc) is 2.69. The van der Waals surface area contributed by atoms with Crippen molar-refractivity contribution in [3.8, 4) is 11.5 Å². The molecule has 1 aromatic heterocycles. The van der Waals surface area contributed by atoms with E-state index in [4.69, 9.17) is 16.3 Å². The molecule has 2 aromatic rings. The number of ether oxygens (including phenoxy) is 1. The third kappa shape index (κ3) is 2.99. The van der Waals surface area contributed by atoms with Crippen molar-refractivity contribution in [3.63, 3.8) is 0 Å². The van der Waals surface area contributed by atoms with Gasteiger partial charge < -0.3 is 10.1 Å². The van der Waals surface area contributed by atoms with E-state index in [1.54, 1.807) is 17.1 Å². The van der Waals surface area contributed by atoms with Crippen LogP contribution in [0.15, 0.2) is 30.6 Å². The number of hydrogen-bond donors (Lipinski definition) is 1. The molecule has 1 aromatic carbocycles. The van der Waals surface area contributed by atoms with Crippen LogP contribution in [-0.4, -0.2) is 16.8 Å². The van der Waals surface area contributed by atoms with Crippen LogP contribution in [0.4, 0.5) is 0 Å². The molecule has 0 atom stereocenters. The zero-order valence-corrected chi connectivity index (χ0v) is 10.5. The van der Waals surface area contributed by atoms with Gasteiger partial charge >= 0.3 is 0 Å². The van der Waals surface area contributed by atoms with Crippen LogP contribution in [0, 0.1) is 0 Å². The molecule has 0 aliphatic carbocycles. The van der Waals surface area contributed by atoms with Crippen molar-refractivity contribution >= 4 is 11.6 Å². The minimum atomic E-state index is 0.599. The minimum absolute atomic E-state index is 0.599. The van der Waals surface area contributed by atoms with E-state index in [2.05, 4.69) is 10.4 Å². The molecule has 0 aliphatic rings. The molecule has 0 unspecified atom stereocenters. The van der Waals surface area contributed by atoms with Gasteiger partial charge in [0.15, 0.2) is 5.75 Å². The van der Waals surface area contributed by atoms with Gasteiger partial charge in [0.05, 0.1) is 17.4 Å². The summed E-state index contributed by atoms with van der Waals surface area (Å²) in [4.78, 5) is 0. The Bertz CT molecular complexity index is 510. The molecule has 4 nitrogen and oxygen atoms in total. The van der Waals surface area contributed by atoms with Crippen LogP contribution in [0.5, 0.6) is 11.5 Å². The van der Waals surface area contributed by atoms with Gasteiger partial charge in [-0.25, -0.2) is 0 Å². The molecule has 0 saturated carbocycles. The summed E-state index contributed by atoms with van der Waals surface area (Å²) in [7, 11) is 3.73. The molecule has 0 aliphatic heterocycles. The number of nitrogens with one attached hydrogen (secondary N) is 1. The number of aryl methyl sites for hydroxylation is 1. The fraction of sp³-hybridized carbons (Fsp3) is 0.250. The molecule has 0 bridgehead atoms. The molecule has 5 heteroatoms. The highest BCUT2D eigenvalue weighted by molar-refractivity contribution is 6.32. The molecule has 0 fully saturated rings. The Kier molecular flexibility index (Phi) is 3.66.